The van der Waals surface area contributed by atoms with E-state index in [4.69, 9.17) is 0 Å². The predicted molar refractivity (Wildman–Crippen MR) is 244 cm³/mol. The molecule has 0 radical (unpaired) electrons. The van der Waals surface area contributed by atoms with Gasteiger partial charge >= 0.3 is 0 Å². The Hall–Kier alpha value is -7.22. The lowest BCUT2D eigenvalue weighted by atomic mass is 9.80. The first-order chi connectivity index (χ1) is 28.2. The largest absolute Gasteiger partial charge is 0.311 e. The fourth-order valence-electron chi connectivity index (χ4n) is 9.17. The van der Waals surface area contributed by atoms with Gasteiger partial charge in [-0.15, -0.1) is 0 Å². The normalized spacial score (nSPS) is 13.6. The Labute approximate surface area is 333 Å². The van der Waals surface area contributed by atoms with E-state index < -0.39 is 0 Å². The zero-order valence-electron chi connectivity index (χ0n) is 31.5. The summed E-state index contributed by atoms with van der Waals surface area (Å²) in [6.07, 6.45) is 5.76. The SMILES string of the molecule is C1=CC(c2cc3cc(-c4ccc5ccccc5c4)c4ccccc4c3c3ccccc23)Cc2ccc(-c3ccc(N(c4ccccc4)c4ccccc4)cc3)cc21. The molecule has 0 saturated heterocycles. The summed E-state index contributed by atoms with van der Waals surface area (Å²) in [6.45, 7) is 0. The maximum Gasteiger partial charge on any atom is 0.0462 e. The van der Waals surface area contributed by atoms with Crippen molar-refractivity contribution in [2.24, 2.45) is 0 Å². The number of para-hydroxylation sites is 2. The fraction of sp³-hybridized carbons (Fsp3) is 0.0357. The summed E-state index contributed by atoms with van der Waals surface area (Å²) in [5.41, 5.74) is 12.5. The number of allylic oxidation sites excluding steroid dienone is 1. The summed E-state index contributed by atoms with van der Waals surface area (Å²) in [5.74, 6) is 0.273. The van der Waals surface area contributed by atoms with Gasteiger partial charge < -0.3 is 4.90 Å². The molecule has 57 heavy (non-hydrogen) atoms. The zero-order valence-corrected chi connectivity index (χ0v) is 31.5. The maximum absolute atomic E-state index is 2.48. The quantitative estimate of drug-likeness (QED) is 0.154. The second-order valence-electron chi connectivity index (χ2n) is 15.3. The van der Waals surface area contributed by atoms with Gasteiger partial charge in [-0.25, -0.2) is 0 Å². The minimum Gasteiger partial charge on any atom is -0.311 e. The summed E-state index contributed by atoms with van der Waals surface area (Å²) in [5, 5.41) is 10.4. The van der Waals surface area contributed by atoms with E-state index in [0.29, 0.717) is 0 Å². The van der Waals surface area contributed by atoms with E-state index in [1.54, 1.807) is 0 Å². The van der Waals surface area contributed by atoms with Crippen LogP contribution < -0.4 is 4.90 Å². The number of hydrogen-bond donors (Lipinski definition) is 0. The second-order valence-corrected chi connectivity index (χ2v) is 15.3. The summed E-state index contributed by atoms with van der Waals surface area (Å²) in [7, 11) is 0. The molecule has 10 aromatic carbocycles. The molecule has 10 aromatic rings. The average molecular weight is 726 g/mol. The van der Waals surface area contributed by atoms with Crippen LogP contribution >= 0.6 is 0 Å². The Morgan fingerprint density at radius 1 is 0.386 bits per heavy atom. The molecule has 0 saturated carbocycles. The minimum absolute atomic E-state index is 0.273. The molecule has 0 aromatic heterocycles. The molecule has 1 aliphatic carbocycles. The van der Waals surface area contributed by atoms with Gasteiger partial charge in [0, 0.05) is 23.0 Å². The molecular formula is C56H39N. The number of rotatable bonds is 6. The topological polar surface area (TPSA) is 3.24 Å². The highest BCUT2D eigenvalue weighted by atomic mass is 15.1. The molecule has 1 aliphatic rings. The van der Waals surface area contributed by atoms with Gasteiger partial charge in [0.1, 0.15) is 0 Å². The van der Waals surface area contributed by atoms with Crippen LogP contribution in [0.1, 0.15) is 22.6 Å². The van der Waals surface area contributed by atoms with Crippen LogP contribution in [0.2, 0.25) is 0 Å². The van der Waals surface area contributed by atoms with E-state index in [1.165, 1.54) is 82.0 Å². The molecular weight excluding hydrogens is 687 g/mol. The van der Waals surface area contributed by atoms with Crippen LogP contribution in [0.5, 0.6) is 0 Å². The molecule has 268 valence electrons. The van der Waals surface area contributed by atoms with E-state index >= 15 is 0 Å². The molecule has 0 amide bonds. The smallest absolute Gasteiger partial charge is 0.0462 e. The molecule has 1 nitrogen and oxygen atoms in total. The highest BCUT2D eigenvalue weighted by molar-refractivity contribution is 6.24. The van der Waals surface area contributed by atoms with Gasteiger partial charge in [0.25, 0.3) is 0 Å². The molecule has 1 unspecified atom stereocenters. The van der Waals surface area contributed by atoms with Crippen molar-refractivity contribution < 1.29 is 0 Å². The van der Waals surface area contributed by atoms with E-state index in [-0.39, 0.29) is 5.92 Å². The van der Waals surface area contributed by atoms with Gasteiger partial charge in [-0.2, -0.15) is 0 Å². The second kappa shape index (κ2) is 13.8. The van der Waals surface area contributed by atoms with Gasteiger partial charge in [-0.05, 0) is 149 Å². The highest BCUT2D eigenvalue weighted by Gasteiger charge is 2.21. The minimum atomic E-state index is 0.273. The van der Waals surface area contributed by atoms with Crippen LogP contribution in [-0.4, -0.2) is 0 Å². The fourth-order valence-corrected chi connectivity index (χ4v) is 9.17. The van der Waals surface area contributed by atoms with Crippen LogP contribution in [0.3, 0.4) is 0 Å². The average Bonchev–Trinajstić information content (AvgIpc) is 3.29. The first kappa shape index (κ1) is 33.1. The third-order valence-electron chi connectivity index (χ3n) is 11.9. The molecule has 1 atom stereocenters. The number of nitrogens with zero attached hydrogens (tertiary/aromatic N) is 1. The number of anilines is 3. The van der Waals surface area contributed by atoms with E-state index in [0.717, 1.165) is 23.5 Å². The van der Waals surface area contributed by atoms with Crippen LogP contribution in [0, 0.1) is 0 Å². The summed E-state index contributed by atoms with van der Waals surface area (Å²) < 4.78 is 0. The van der Waals surface area contributed by atoms with Crippen molar-refractivity contribution in [1.29, 1.82) is 0 Å². The molecule has 0 bridgehead atoms. The van der Waals surface area contributed by atoms with E-state index in [1.807, 2.05) is 0 Å². The maximum atomic E-state index is 2.48. The highest BCUT2D eigenvalue weighted by Crippen LogP contribution is 2.44. The first-order valence-corrected chi connectivity index (χ1v) is 19.9. The summed E-state index contributed by atoms with van der Waals surface area (Å²) in [4.78, 5) is 2.31. The lowest BCUT2D eigenvalue weighted by Gasteiger charge is -2.25. The molecule has 0 aliphatic heterocycles. The first-order valence-electron chi connectivity index (χ1n) is 19.9. The predicted octanol–water partition coefficient (Wildman–Crippen LogP) is 15.5. The molecule has 11 rings (SSSR count). The monoisotopic (exact) mass is 725 g/mol. The van der Waals surface area contributed by atoms with Crippen molar-refractivity contribution in [1.82, 2.24) is 0 Å². The third kappa shape index (κ3) is 5.88. The Balaban J connectivity index is 0.954. The van der Waals surface area contributed by atoms with E-state index in [9.17, 15) is 0 Å². The van der Waals surface area contributed by atoms with E-state index in [2.05, 4.69) is 223 Å². The molecule has 0 heterocycles. The van der Waals surface area contributed by atoms with Gasteiger partial charge in [0.15, 0.2) is 0 Å². The van der Waals surface area contributed by atoms with Crippen molar-refractivity contribution in [3.63, 3.8) is 0 Å². The Morgan fingerprint density at radius 3 is 1.70 bits per heavy atom. The van der Waals surface area contributed by atoms with Crippen molar-refractivity contribution in [2.45, 2.75) is 12.3 Å². The lowest BCUT2D eigenvalue weighted by Crippen LogP contribution is -2.09. The summed E-state index contributed by atoms with van der Waals surface area (Å²) in [6, 6.07) is 75.6. The van der Waals surface area contributed by atoms with Gasteiger partial charge in [-0.3, -0.25) is 0 Å². The summed E-state index contributed by atoms with van der Waals surface area (Å²) >= 11 is 0. The standard InChI is InChI=1S/C56H39N/c1-3-15-47(16-4-1)57(48-17-5-2-6-18-48)49-31-29-39(30-32-49)41-24-25-43-35-45(28-26-42(43)33-41)55-37-46-36-54(44-27-23-38-13-7-8-14-40(38)34-44)50-19-9-11-21-52(50)56(46)53-22-12-10-20-51(53)55/h1-34,36-37,45H,35H2. The van der Waals surface area contributed by atoms with Crippen molar-refractivity contribution >= 4 is 66.2 Å². The van der Waals surface area contributed by atoms with Gasteiger partial charge in [0.2, 0.25) is 0 Å². The number of fused-ring (bicyclic) bond motifs is 7. The third-order valence-corrected chi connectivity index (χ3v) is 11.9. The Morgan fingerprint density at radius 2 is 0.965 bits per heavy atom. The van der Waals surface area contributed by atoms with Crippen LogP contribution in [0.15, 0.2) is 212 Å². The van der Waals surface area contributed by atoms with Crippen LogP contribution in [0.25, 0.3) is 71.4 Å². The van der Waals surface area contributed by atoms with Crippen LogP contribution in [0.4, 0.5) is 17.1 Å². The molecule has 0 N–H and O–H groups in total. The number of hydrogen-bond acceptors (Lipinski definition) is 1. The van der Waals surface area contributed by atoms with Gasteiger partial charge in [-0.1, -0.05) is 158 Å². The molecule has 0 spiro atoms. The molecule has 1 heteroatoms. The Bertz CT molecular complexity index is 3100. The Kier molecular flexibility index (Phi) is 8.03. The molecule has 0 fully saturated rings. The van der Waals surface area contributed by atoms with Crippen molar-refractivity contribution in [2.75, 3.05) is 4.90 Å². The van der Waals surface area contributed by atoms with Gasteiger partial charge in [0.05, 0.1) is 0 Å². The lowest BCUT2D eigenvalue weighted by molar-refractivity contribution is 0.835. The van der Waals surface area contributed by atoms with Crippen LogP contribution in [-0.2, 0) is 6.42 Å². The van der Waals surface area contributed by atoms with Crippen molar-refractivity contribution in [3.8, 4) is 22.3 Å². The van der Waals surface area contributed by atoms with Crippen molar-refractivity contribution in [3.05, 3.63) is 229 Å². The zero-order chi connectivity index (χ0) is 37.7. The number of benzene rings is 10.